The van der Waals surface area contributed by atoms with Gasteiger partial charge in [-0.1, -0.05) is 6.07 Å². The van der Waals surface area contributed by atoms with Gasteiger partial charge in [0.05, 0.1) is 23.7 Å². The summed E-state index contributed by atoms with van der Waals surface area (Å²) in [7, 11) is 1.38. The van der Waals surface area contributed by atoms with E-state index < -0.39 is 29.6 Å². The molecule has 0 radical (unpaired) electrons. The Morgan fingerprint density at radius 1 is 0.912 bits per heavy atom. The number of halogens is 6. The molecule has 1 amide bonds. The molecule has 11 heteroatoms. The van der Waals surface area contributed by atoms with Crippen molar-refractivity contribution in [1.29, 1.82) is 0 Å². The molecule has 5 nitrogen and oxygen atoms in total. The summed E-state index contributed by atoms with van der Waals surface area (Å²) >= 11 is 0. The zero-order valence-corrected chi connectivity index (χ0v) is 17.3. The van der Waals surface area contributed by atoms with Gasteiger partial charge in [-0.05, 0) is 54.6 Å². The van der Waals surface area contributed by atoms with E-state index in [1.165, 1.54) is 55.6 Å². The first kappa shape index (κ1) is 23.1. The first-order valence-electron chi connectivity index (χ1n) is 9.70. The number of hydrogen-bond acceptors (Lipinski definition) is 3. The zero-order valence-electron chi connectivity index (χ0n) is 17.3. The molecule has 4 aromatic rings. The first-order chi connectivity index (χ1) is 16.0. The van der Waals surface area contributed by atoms with Gasteiger partial charge in [-0.25, -0.2) is 4.98 Å². The smallest absolute Gasteiger partial charge is 0.450 e. The number of ether oxygens (including phenoxy) is 1. The molecule has 1 heterocycles. The van der Waals surface area contributed by atoms with Gasteiger partial charge in [0.2, 0.25) is 5.82 Å². The summed E-state index contributed by atoms with van der Waals surface area (Å²) in [6, 6.07) is 13.6. The van der Waals surface area contributed by atoms with E-state index in [4.69, 9.17) is 4.74 Å². The van der Waals surface area contributed by atoms with Crippen LogP contribution >= 0.6 is 0 Å². The van der Waals surface area contributed by atoms with Crippen molar-refractivity contribution < 1.29 is 35.9 Å². The minimum Gasteiger partial charge on any atom is -0.497 e. The Morgan fingerprint density at radius 2 is 1.62 bits per heavy atom. The third-order valence-electron chi connectivity index (χ3n) is 4.95. The van der Waals surface area contributed by atoms with E-state index in [0.29, 0.717) is 11.8 Å². The number of carbonyl (C=O) groups is 1. The lowest BCUT2D eigenvalue weighted by molar-refractivity contribution is -0.145. The van der Waals surface area contributed by atoms with Gasteiger partial charge in [0, 0.05) is 23.0 Å². The maximum atomic E-state index is 13.7. The second kappa shape index (κ2) is 8.40. The number of methoxy groups -OCH3 is 1. The molecule has 0 bridgehead atoms. The lowest BCUT2D eigenvalue weighted by atomic mass is 10.1. The lowest BCUT2D eigenvalue weighted by Gasteiger charge is -2.13. The molecule has 0 atom stereocenters. The fourth-order valence-corrected chi connectivity index (χ4v) is 3.37. The molecule has 3 aromatic carbocycles. The molecule has 0 fully saturated rings. The van der Waals surface area contributed by atoms with Crippen LogP contribution in [0.3, 0.4) is 0 Å². The Kier molecular flexibility index (Phi) is 5.72. The van der Waals surface area contributed by atoms with Crippen molar-refractivity contribution in [1.82, 2.24) is 9.55 Å². The number of alkyl halides is 6. The molecule has 0 saturated carbocycles. The Bertz CT molecular complexity index is 1360. The fourth-order valence-electron chi connectivity index (χ4n) is 3.37. The topological polar surface area (TPSA) is 56.1 Å². The average Bonchev–Trinajstić information content (AvgIpc) is 3.18. The molecular weight excluding hydrogens is 464 g/mol. The van der Waals surface area contributed by atoms with Gasteiger partial charge in [-0.2, -0.15) is 26.3 Å². The fraction of sp³-hybridized carbons (Fsp3) is 0.130. The number of imidazole rings is 1. The minimum atomic E-state index is -4.75. The molecule has 1 aromatic heterocycles. The number of nitrogens with one attached hydrogen (secondary N) is 1. The highest BCUT2D eigenvalue weighted by Crippen LogP contribution is 2.35. The Morgan fingerprint density at radius 3 is 2.24 bits per heavy atom. The summed E-state index contributed by atoms with van der Waals surface area (Å²) in [5.41, 5.74) is -0.614. The number of carbonyl (C=O) groups excluding carboxylic acids is 1. The molecule has 176 valence electrons. The number of amides is 1. The van der Waals surface area contributed by atoms with Crippen LogP contribution in [-0.2, 0) is 12.4 Å². The predicted molar refractivity (Wildman–Crippen MR) is 112 cm³/mol. The van der Waals surface area contributed by atoms with Crippen LogP contribution in [0.15, 0.2) is 66.7 Å². The van der Waals surface area contributed by atoms with Crippen LogP contribution in [0.25, 0.3) is 16.7 Å². The summed E-state index contributed by atoms with van der Waals surface area (Å²) < 4.78 is 85.6. The summed E-state index contributed by atoms with van der Waals surface area (Å²) in [5, 5.41) is 2.44. The van der Waals surface area contributed by atoms with E-state index in [1.54, 1.807) is 0 Å². The summed E-state index contributed by atoms with van der Waals surface area (Å²) in [5.74, 6) is -1.59. The van der Waals surface area contributed by atoms with Crippen molar-refractivity contribution in [3.63, 3.8) is 0 Å². The Labute approximate surface area is 188 Å². The van der Waals surface area contributed by atoms with E-state index in [0.717, 1.165) is 16.7 Å². The molecule has 0 aliphatic rings. The third kappa shape index (κ3) is 4.54. The van der Waals surface area contributed by atoms with E-state index in [1.807, 2.05) is 0 Å². The maximum absolute atomic E-state index is 13.7. The number of hydrogen-bond donors (Lipinski definition) is 1. The van der Waals surface area contributed by atoms with Gasteiger partial charge in [0.15, 0.2) is 0 Å². The van der Waals surface area contributed by atoms with Crippen molar-refractivity contribution in [3.05, 3.63) is 83.7 Å². The second-order valence-corrected chi connectivity index (χ2v) is 7.20. The van der Waals surface area contributed by atoms with Gasteiger partial charge in [-0.3, -0.25) is 9.36 Å². The number of nitrogens with zero attached hydrogens (tertiary/aromatic N) is 2. The van der Waals surface area contributed by atoms with Crippen LogP contribution in [0.2, 0.25) is 0 Å². The van der Waals surface area contributed by atoms with Crippen LogP contribution in [0.4, 0.5) is 32.0 Å². The van der Waals surface area contributed by atoms with E-state index in [9.17, 15) is 31.1 Å². The highest BCUT2D eigenvalue weighted by atomic mass is 19.4. The first-order valence-corrected chi connectivity index (χ1v) is 9.70. The summed E-state index contributed by atoms with van der Waals surface area (Å²) in [6.45, 7) is 0. The zero-order chi connectivity index (χ0) is 24.7. The SMILES string of the molecule is COc1ccc2c(c1)nc(C(F)(F)F)n2-c1ccc(NC(=O)c2cccc(C(F)(F)F)c2)cc1. The number of benzene rings is 3. The quantitative estimate of drug-likeness (QED) is 0.349. The van der Waals surface area contributed by atoms with Gasteiger partial charge in [-0.15, -0.1) is 0 Å². The number of fused-ring (bicyclic) bond motifs is 1. The van der Waals surface area contributed by atoms with Crippen LogP contribution in [-0.4, -0.2) is 22.6 Å². The molecule has 4 rings (SSSR count). The molecule has 0 spiro atoms. The van der Waals surface area contributed by atoms with Crippen LogP contribution in [0.5, 0.6) is 5.75 Å². The molecular formula is C23H15F6N3O2. The van der Waals surface area contributed by atoms with Crippen LogP contribution in [0, 0.1) is 0 Å². The van der Waals surface area contributed by atoms with Crippen molar-refractivity contribution in [3.8, 4) is 11.4 Å². The maximum Gasteiger partial charge on any atom is 0.450 e. The standard InChI is InChI=1S/C23H15F6N3O2/c1-34-17-9-10-19-18(12-17)31-21(23(27,28)29)32(19)16-7-5-15(6-8-16)30-20(33)13-3-2-4-14(11-13)22(24,25)26/h2-12H,1H3,(H,30,33). The highest BCUT2D eigenvalue weighted by Gasteiger charge is 2.38. The highest BCUT2D eigenvalue weighted by molar-refractivity contribution is 6.04. The Balaban J connectivity index is 1.65. The molecule has 34 heavy (non-hydrogen) atoms. The number of rotatable bonds is 4. The third-order valence-corrected chi connectivity index (χ3v) is 4.95. The monoisotopic (exact) mass is 479 g/mol. The molecule has 0 saturated heterocycles. The lowest BCUT2D eigenvalue weighted by Crippen LogP contribution is -2.15. The minimum absolute atomic E-state index is 0.0774. The van der Waals surface area contributed by atoms with E-state index >= 15 is 0 Å². The summed E-state index contributed by atoms with van der Waals surface area (Å²) in [6.07, 6.45) is -9.35. The van der Waals surface area contributed by atoms with Crippen LogP contribution in [0.1, 0.15) is 21.7 Å². The van der Waals surface area contributed by atoms with E-state index in [2.05, 4.69) is 10.3 Å². The van der Waals surface area contributed by atoms with Gasteiger partial charge in [0.25, 0.3) is 5.91 Å². The molecule has 0 aliphatic carbocycles. The van der Waals surface area contributed by atoms with Crippen molar-refractivity contribution in [2.75, 3.05) is 12.4 Å². The summed E-state index contributed by atoms with van der Waals surface area (Å²) in [4.78, 5) is 16.1. The van der Waals surface area contributed by atoms with E-state index in [-0.39, 0.29) is 28.0 Å². The van der Waals surface area contributed by atoms with Gasteiger partial charge in [0.1, 0.15) is 5.75 Å². The average molecular weight is 479 g/mol. The van der Waals surface area contributed by atoms with Crippen molar-refractivity contribution >= 4 is 22.6 Å². The van der Waals surface area contributed by atoms with Crippen LogP contribution < -0.4 is 10.1 Å². The Hall–Kier alpha value is -4.02. The normalized spacial score (nSPS) is 12.1. The number of aromatic nitrogens is 2. The largest absolute Gasteiger partial charge is 0.497 e. The predicted octanol–water partition coefficient (Wildman–Crippen LogP) is 6.32. The van der Waals surface area contributed by atoms with Gasteiger partial charge < -0.3 is 10.1 Å². The van der Waals surface area contributed by atoms with Crippen molar-refractivity contribution in [2.24, 2.45) is 0 Å². The molecule has 1 N–H and O–H groups in total. The molecule has 0 aliphatic heterocycles. The van der Waals surface area contributed by atoms with Gasteiger partial charge >= 0.3 is 12.4 Å². The second-order valence-electron chi connectivity index (χ2n) is 7.20. The number of anilines is 1. The molecule has 0 unspecified atom stereocenters. The van der Waals surface area contributed by atoms with Crippen molar-refractivity contribution in [2.45, 2.75) is 12.4 Å².